The van der Waals surface area contributed by atoms with Crippen LogP contribution in [0, 0.1) is 0 Å². The molecule has 3 N–H and O–H groups in total. The summed E-state index contributed by atoms with van der Waals surface area (Å²) in [5.41, 5.74) is 6.54. The minimum absolute atomic E-state index is 0.199. The molecule has 0 amide bonds. The molecule has 0 radical (unpaired) electrons. The van der Waals surface area contributed by atoms with Crippen LogP contribution in [0.25, 0.3) is 0 Å². The average Bonchev–Trinajstić information content (AvgIpc) is 2.78. The zero-order chi connectivity index (χ0) is 13.3. The first kappa shape index (κ1) is 13.4. The third kappa shape index (κ3) is 2.39. The Morgan fingerprint density at radius 1 is 1.61 bits per heavy atom. The minimum atomic E-state index is -3.80. The van der Waals surface area contributed by atoms with E-state index in [1.807, 2.05) is 0 Å². The third-order valence-corrected chi connectivity index (χ3v) is 5.94. The second-order valence-electron chi connectivity index (χ2n) is 4.06. The largest absolute Gasteiger partial charge is 0.476 e. The second kappa shape index (κ2) is 4.92. The molecule has 1 aromatic rings. The van der Waals surface area contributed by atoms with Gasteiger partial charge in [-0.1, -0.05) is 0 Å². The number of aromatic carboxylic acids is 1. The van der Waals surface area contributed by atoms with E-state index in [9.17, 15) is 13.2 Å². The number of thiazole rings is 1. The lowest BCUT2D eigenvalue weighted by Gasteiger charge is -2.29. The Balaban J connectivity index is 2.36. The van der Waals surface area contributed by atoms with Gasteiger partial charge in [-0.25, -0.2) is 18.2 Å². The topological polar surface area (TPSA) is 114 Å². The van der Waals surface area contributed by atoms with Crippen LogP contribution >= 0.6 is 11.3 Å². The van der Waals surface area contributed by atoms with Crippen molar-refractivity contribution in [3.63, 3.8) is 0 Å². The molecule has 18 heavy (non-hydrogen) atoms. The number of hydrogen-bond donors (Lipinski definition) is 2. The van der Waals surface area contributed by atoms with Gasteiger partial charge in [-0.2, -0.15) is 4.31 Å². The molecule has 9 heteroatoms. The van der Waals surface area contributed by atoms with Gasteiger partial charge in [-0.15, -0.1) is 11.3 Å². The predicted octanol–water partition coefficient (Wildman–Crippen LogP) is -0.0469. The first-order valence-electron chi connectivity index (χ1n) is 5.35. The third-order valence-electron chi connectivity index (χ3n) is 2.73. The highest BCUT2D eigenvalue weighted by Crippen LogP contribution is 2.26. The highest BCUT2D eigenvalue weighted by atomic mass is 32.2. The molecule has 1 aliphatic heterocycles. The summed E-state index contributed by atoms with van der Waals surface area (Å²) in [6.07, 6.45) is 1.46. The summed E-state index contributed by atoms with van der Waals surface area (Å²) < 4.78 is 25.6. The van der Waals surface area contributed by atoms with Crippen molar-refractivity contribution < 1.29 is 18.3 Å². The fourth-order valence-corrected chi connectivity index (χ4v) is 4.68. The zero-order valence-electron chi connectivity index (χ0n) is 9.44. The highest BCUT2D eigenvalue weighted by molar-refractivity contribution is 7.91. The Kier molecular flexibility index (Phi) is 3.66. The van der Waals surface area contributed by atoms with Crippen LogP contribution in [0.3, 0.4) is 0 Å². The van der Waals surface area contributed by atoms with Crippen LogP contribution in [0.15, 0.2) is 9.72 Å². The average molecular weight is 291 g/mol. The molecule has 2 heterocycles. The van der Waals surface area contributed by atoms with Crippen LogP contribution < -0.4 is 5.73 Å². The van der Waals surface area contributed by atoms with Gasteiger partial charge in [0.25, 0.3) is 10.0 Å². The van der Waals surface area contributed by atoms with E-state index in [1.54, 1.807) is 0 Å². The van der Waals surface area contributed by atoms with Crippen LogP contribution in [-0.2, 0) is 10.0 Å². The summed E-state index contributed by atoms with van der Waals surface area (Å²) in [6, 6.07) is -0.199. The van der Waals surface area contributed by atoms with E-state index in [0.717, 1.165) is 17.8 Å². The van der Waals surface area contributed by atoms with Gasteiger partial charge in [0.15, 0.2) is 9.90 Å². The summed E-state index contributed by atoms with van der Waals surface area (Å²) in [6.45, 7) is 0.590. The number of rotatable bonds is 3. The summed E-state index contributed by atoms with van der Waals surface area (Å²) in [7, 11) is -3.80. The van der Waals surface area contributed by atoms with Crippen molar-refractivity contribution >= 4 is 27.3 Å². The van der Waals surface area contributed by atoms with Gasteiger partial charge in [0.2, 0.25) is 0 Å². The maximum absolute atomic E-state index is 12.3. The van der Waals surface area contributed by atoms with E-state index in [2.05, 4.69) is 4.98 Å². The van der Waals surface area contributed by atoms with E-state index in [1.165, 1.54) is 9.82 Å². The molecule has 100 valence electrons. The van der Waals surface area contributed by atoms with Crippen molar-refractivity contribution in [3.8, 4) is 0 Å². The number of piperidine rings is 1. The van der Waals surface area contributed by atoms with Crippen molar-refractivity contribution in [2.24, 2.45) is 5.73 Å². The molecule has 1 atom stereocenters. The van der Waals surface area contributed by atoms with Gasteiger partial charge in [0.05, 0.1) is 5.51 Å². The van der Waals surface area contributed by atoms with Gasteiger partial charge < -0.3 is 10.8 Å². The predicted molar refractivity (Wildman–Crippen MR) is 65.0 cm³/mol. The number of sulfonamides is 1. The van der Waals surface area contributed by atoms with Crippen LogP contribution in [0.4, 0.5) is 0 Å². The molecule has 1 fully saturated rings. The van der Waals surface area contributed by atoms with E-state index < -0.39 is 21.7 Å². The fourth-order valence-electron chi connectivity index (χ4n) is 1.87. The molecular formula is C9H13N3O4S2. The molecule has 0 saturated carbocycles. The SMILES string of the molecule is NC1CCCN(S(=O)(=O)c2scnc2C(=O)O)C1. The standard InChI is InChI=1S/C9H13N3O4S2/c10-6-2-1-3-12(4-6)18(15,16)9-7(8(13)14)11-5-17-9/h5-6H,1-4,10H2,(H,13,14). The number of hydrogen-bond acceptors (Lipinski definition) is 6. The number of carboxylic acids is 1. The Hall–Kier alpha value is -1.03. The fraction of sp³-hybridized carbons (Fsp3) is 0.556. The van der Waals surface area contributed by atoms with Crippen molar-refractivity contribution in [2.45, 2.75) is 23.1 Å². The molecule has 1 unspecified atom stereocenters. The zero-order valence-corrected chi connectivity index (χ0v) is 11.1. The monoisotopic (exact) mass is 291 g/mol. The Bertz CT molecular complexity index is 554. The smallest absolute Gasteiger partial charge is 0.356 e. The summed E-state index contributed by atoms with van der Waals surface area (Å²) in [4.78, 5) is 14.5. The van der Waals surface area contributed by atoms with E-state index in [-0.39, 0.29) is 16.8 Å². The summed E-state index contributed by atoms with van der Waals surface area (Å²) in [5, 5.41) is 8.90. The van der Waals surface area contributed by atoms with Crippen molar-refractivity contribution in [3.05, 3.63) is 11.2 Å². The lowest BCUT2D eigenvalue weighted by atomic mass is 10.1. The molecule has 1 saturated heterocycles. The molecule has 0 aromatic carbocycles. The summed E-state index contributed by atoms with van der Waals surface area (Å²) >= 11 is 0.817. The van der Waals surface area contributed by atoms with E-state index in [4.69, 9.17) is 10.8 Å². The van der Waals surface area contributed by atoms with E-state index in [0.29, 0.717) is 13.0 Å². The second-order valence-corrected chi connectivity index (χ2v) is 7.05. The number of nitrogens with zero attached hydrogens (tertiary/aromatic N) is 2. The first-order chi connectivity index (χ1) is 8.43. The van der Waals surface area contributed by atoms with Gasteiger partial charge >= 0.3 is 5.97 Å². The lowest BCUT2D eigenvalue weighted by molar-refractivity contribution is 0.0687. The molecule has 0 bridgehead atoms. The maximum Gasteiger partial charge on any atom is 0.356 e. The molecule has 2 rings (SSSR count). The maximum atomic E-state index is 12.3. The summed E-state index contributed by atoms with van der Waals surface area (Å²) in [5.74, 6) is -1.34. The number of carbonyl (C=O) groups is 1. The van der Waals surface area contributed by atoms with Gasteiger partial charge in [-0.3, -0.25) is 0 Å². The first-order valence-corrected chi connectivity index (χ1v) is 7.67. The molecular weight excluding hydrogens is 278 g/mol. The molecule has 0 spiro atoms. The van der Waals surface area contributed by atoms with Crippen LogP contribution in [0.5, 0.6) is 0 Å². The van der Waals surface area contributed by atoms with Gasteiger partial charge in [0, 0.05) is 19.1 Å². The molecule has 7 nitrogen and oxygen atoms in total. The molecule has 1 aromatic heterocycles. The van der Waals surface area contributed by atoms with Crippen molar-refractivity contribution in [1.29, 1.82) is 0 Å². The van der Waals surface area contributed by atoms with Crippen molar-refractivity contribution in [2.75, 3.05) is 13.1 Å². The number of carboxylic acid groups (broad SMARTS) is 1. The van der Waals surface area contributed by atoms with Gasteiger partial charge in [0.1, 0.15) is 0 Å². The van der Waals surface area contributed by atoms with Crippen molar-refractivity contribution in [1.82, 2.24) is 9.29 Å². The quantitative estimate of drug-likeness (QED) is 0.807. The molecule has 0 aliphatic carbocycles. The Morgan fingerprint density at radius 2 is 2.33 bits per heavy atom. The van der Waals surface area contributed by atoms with Gasteiger partial charge in [-0.05, 0) is 12.8 Å². The van der Waals surface area contributed by atoms with Crippen LogP contribution in [0.1, 0.15) is 23.3 Å². The minimum Gasteiger partial charge on any atom is -0.476 e. The van der Waals surface area contributed by atoms with E-state index >= 15 is 0 Å². The number of nitrogens with two attached hydrogens (primary N) is 1. The number of aromatic nitrogens is 1. The Labute approximate surface area is 108 Å². The van der Waals surface area contributed by atoms with Crippen LogP contribution in [0.2, 0.25) is 0 Å². The normalized spacial score (nSPS) is 21.9. The highest BCUT2D eigenvalue weighted by Gasteiger charge is 2.33. The Morgan fingerprint density at radius 3 is 2.94 bits per heavy atom. The lowest BCUT2D eigenvalue weighted by Crippen LogP contribution is -2.45. The molecule has 1 aliphatic rings. The van der Waals surface area contributed by atoms with Crippen LogP contribution in [-0.4, -0.2) is 47.9 Å².